The van der Waals surface area contributed by atoms with Crippen LogP contribution in [0.15, 0.2) is 78.9 Å². The number of nitrogens with zero attached hydrogens (tertiary/aromatic N) is 2. The zero-order valence-corrected chi connectivity index (χ0v) is 19.0. The van der Waals surface area contributed by atoms with Crippen molar-refractivity contribution in [2.45, 2.75) is 31.2 Å². The van der Waals surface area contributed by atoms with Gasteiger partial charge in [-0.15, -0.1) is 0 Å². The van der Waals surface area contributed by atoms with Crippen LogP contribution < -0.4 is 0 Å². The van der Waals surface area contributed by atoms with Crippen molar-refractivity contribution < 1.29 is 8.78 Å². The molecule has 33 heavy (non-hydrogen) atoms. The number of benzene rings is 3. The molecule has 2 atom stereocenters. The van der Waals surface area contributed by atoms with Crippen molar-refractivity contribution in [1.82, 2.24) is 9.80 Å². The summed E-state index contributed by atoms with van der Waals surface area (Å²) in [7, 11) is 0. The zero-order chi connectivity index (χ0) is 22.6. The van der Waals surface area contributed by atoms with Gasteiger partial charge < -0.3 is 4.90 Å². The third-order valence-electron chi connectivity index (χ3n) is 7.49. The van der Waals surface area contributed by atoms with Crippen LogP contribution in [0.2, 0.25) is 0 Å². The Labute approximate surface area is 195 Å². The Balaban J connectivity index is 1.27. The van der Waals surface area contributed by atoms with Gasteiger partial charge >= 0.3 is 0 Å². The van der Waals surface area contributed by atoms with Crippen LogP contribution in [-0.4, -0.2) is 42.5 Å². The highest BCUT2D eigenvalue weighted by molar-refractivity contribution is 5.25. The first-order valence-electron chi connectivity index (χ1n) is 12.1. The largest absolute Gasteiger partial charge is 0.303 e. The van der Waals surface area contributed by atoms with Crippen molar-refractivity contribution in [2.24, 2.45) is 5.92 Å². The first-order chi connectivity index (χ1) is 16.2. The highest BCUT2D eigenvalue weighted by Crippen LogP contribution is 2.36. The molecule has 0 spiro atoms. The van der Waals surface area contributed by atoms with E-state index < -0.39 is 11.6 Å². The molecule has 2 aliphatic heterocycles. The van der Waals surface area contributed by atoms with Gasteiger partial charge in [-0.1, -0.05) is 66.7 Å². The number of rotatable bonds is 6. The lowest BCUT2D eigenvalue weighted by Crippen LogP contribution is -2.38. The van der Waals surface area contributed by atoms with Gasteiger partial charge in [-0.05, 0) is 66.6 Å². The molecule has 5 rings (SSSR count). The maximum atomic E-state index is 14.1. The molecule has 0 radical (unpaired) electrons. The van der Waals surface area contributed by atoms with Crippen LogP contribution in [0, 0.1) is 17.6 Å². The molecule has 2 aliphatic rings. The van der Waals surface area contributed by atoms with E-state index in [0.717, 1.165) is 44.8 Å². The molecule has 2 saturated heterocycles. The zero-order valence-electron chi connectivity index (χ0n) is 19.0. The number of hydrogen-bond donors (Lipinski definition) is 0. The van der Waals surface area contributed by atoms with Gasteiger partial charge in [-0.25, -0.2) is 8.78 Å². The summed E-state index contributed by atoms with van der Waals surface area (Å²) in [6.07, 6.45) is 2.36. The van der Waals surface area contributed by atoms with E-state index in [0.29, 0.717) is 11.8 Å². The Kier molecular flexibility index (Phi) is 6.84. The first kappa shape index (κ1) is 22.2. The first-order valence-corrected chi connectivity index (χ1v) is 12.1. The molecule has 0 amide bonds. The average molecular weight is 447 g/mol. The lowest BCUT2D eigenvalue weighted by Gasteiger charge is -2.35. The third-order valence-corrected chi connectivity index (χ3v) is 7.49. The van der Waals surface area contributed by atoms with E-state index in [1.807, 2.05) is 6.07 Å². The minimum atomic E-state index is -0.766. The molecule has 0 N–H and O–H groups in total. The predicted octanol–water partition coefficient (Wildman–Crippen LogP) is 6.06. The number of likely N-dealkylation sites (tertiary alicyclic amines) is 2. The van der Waals surface area contributed by atoms with E-state index in [4.69, 9.17) is 0 Å². The standard InChI is InChI=1S/C29H32F2N2/c30-28-12-11-25(17-29(28)31)27-21-33(18-22-7-3-1-4-8-22)20-26(27)19-32-15-13-24(14-16-32)23-9-5-2-6-10-23/h1-12,17,24,26-27H,13-16,18-21H2/t26-,27+/m0/s1. The fourth-order valence-corrected chi connectivity index (χ4v) is 5.74. The van der Waals surface area contributed by atoms with Gasteiger partial charge in [-0.2, -0.15) is 0 Å². The maximum Gasteiger partial charge on any atom is 0.159 e. The summed E-state index contributed by atoms with van der Waals surface area (Å²) < 4.78 is 27.7. The molecule has 2 heterocycles. The van der Waals surface area contributed by atoms with Crippen LogP contribution in [0.5, 0.6) is 0 Å². The Morgan fingerprint density at radius 2 is 1.39 bits per heavy atom. The summed E-state index contributed by atoms with van der Waals surface area (Å²) in [4.78, 5) is 5.06. The SMILES string of the molecule is Fc1ccc([C@H]2CN(Cc3ccccc3)C[C@@H]2CN2CCC(c3ccccc3)CC2)cc1F. The van der Waals surface area contributed by atoms with E-state index in [1.165, 1.54) is 36.1 Å². The van der Waals surface area contributed by atoms with Crippen LogP contribution in [0.1, 0.15) is 41.4 Å². The van der Waals surface area contributed by atoms with Crippen molar-refractivity contribution in [3.05, 3.63) is 107 Å². The molecule has 2 fully saturated rings. The van der Waals surface area contributed by atoms with Crippen LogP contribution in [0.3, 0.4) is 0 Å². The van der Waals surface area contributed by atoms with Gasteiger partial charge in [-0.3, -0.25) is 4.90 Å². The van der Waals surface area contributed by atoms with Crippen LogP contribution in [0.25, 0.3) is 0 Å². The summed E-state index contributed by atoms with van der Waals surface area (Å²) in [5.41, 5.74) is 3.67. The molecule has 3 aromatic rings. The fraction of sp³-hybridized carbons (Fsp3) is 0.379. The van der Waals surface area contributed by atoms with Gasteiger partial charge in [0, 0.05) is 32.1 Å². The lowest BCUT2D eigenvalue weighted by atomic mass is 9.86. The Bertz CT molecular complexity index is 1030. The monoisotopic (exact) mass is 446 g/mol. The fourth-order valence-electron chi connectivity index (χ4n) is 5.74. The Hall–Kier alpha value is -2.56. The van der Waals surface area contributed by atoms with Crippen LogP contribution in [0.4, 0.5) is 8.78 Å². The molecular weight excluding hydrogens is 414 g/mol. The minimum absolute atomic E-state index is 0.218. The van der Waals surface area contributed by atoms with Crippen LogP contribution >= 0.6 is 0 Å². The molecule has 0 aromatic heterocycles. The maximum absolute atomic E-state index is 14.1. The molecule has 0 saturated carbocycles. The van der Waals surface area contributed by atoms with Gasteiger partial charge in [0.15, 0.2) is 11.6 Å². The van der Waals surface area contributed by atoms with Gasteiger partial charge in [0.25, 0.3) is 0 Å². The third kappa shape index (κ3) is 5.34. The van der Waals surface area contributed by atoms with Crippen molar-refractivity contribution in [3.8, 4) is 0 Å². The topological polar surface area (TPSA) is 6.48 Å². The smallest absolute Gasteiger partial charge is 0.159 e. The molecule has 4 heteroatoms. The van der Waals surface area contributed by atoms with Crippen molar-refractivity contribution in [2.75, 3.05) is 32.7 Å². The van der Waals surface area contributed by atoms with Crippen molar-refractivity contribution in [1.29, 1.82) is 0 Å². The van der Waals surface area contributed by atoms with E-state index in [9.17, 15) is 8.78 Å². The molecule has 3 aromatic carbocycles. The average Bonchev–Trinajstić information content (AvgIpc) is 3.24. The van der Waals surface area contributed by atoms with Gasteiger partial charge in [0.1, 0.15) is 0 Å². The molecule has 172 valence electrons. The number of halogens is 2. The summed E-state index contributed by atoms with van der Waals surface area (Å²) in [6.45, 7) is 5.96. The summed E-state index contributed by atoms with van der Waals surface area (Å²) in [6, 6.07) is 25.8. The molecule has 2 nitrogen and oxygen atoms in total. The van der Waals surface area contributed by atoms with E-state index in [2.05, 4.69) is 64.4 Å². The molecule has 0 aliphatic carbocycles. The second kappa shape index (κ2) is 10.1. The Morgan fingerprint density at radius 3 is 2.09 bits per heavy atom. The van der Waals surface area contributed by atoms with E-state index >= 15 is 0 Å². The quantitative estimate of drug-likeness (QED) is 0.454. The normalized spacial score (nSPS) is 22.6. The lowest BCUT2D eigenvalue weighted by molar-refractivity contribution is 0.177. The second-order valence-electron chi connectivity index (χ2n) is 9.71. The summed E-state index contributed by atoms with van der Waals surface area (Å²) in [5.74, 6) is -0.237. The molecule has 0 bridgehead atoms. The van der Waals surface area contributed by atoms with E-state index in [1.54, 1.807) is 6.07 Å². The van der Waals surface area contributed by atoms with Crippen molar-refractivity contribution >= 4 is 0 Å². The number of hydrogen-bond acceptors (Lipinski definition) is 2. The highest BCUT2D eigenvalue weighted by atomic mass is 19.2. The summed E-state index contributed by atoms with van der Waals surface area (Å²) in [5, 5.41) is 0. The highest BCUT2D eigenvalue weighted by Gasteiger charge is 2.36. The minimum Gasteiger partial charge on any atom is -0.303 e. The molecule has 0 unspecified atom stereocenters. The van der Waals surface area contributed by atoms with E-state index in [-0.39, 0.29) is 5.92 Å². The summed E-state index contributed by atoms with van der Waals surface area (Å²) >= 11 is 0. The Morgan fingerprint density at radius 1 is 0.697 bits per heavy atom. The number of piperidine rings is 1. The van der Waals surface area contributed by atoms with Crippen LogP contribution in [-0.2, 0) is 6.54 Å². The molecular formula is C29H32F2N2. The van der Waals surface area contributed by atoms with Gasteiger partial charge in [0.05, 0.1) is 0 Å². The second-order valence-corrected chi connectivity index (χ2v) is 9.71. The predicted molar refractivity (Wildman–Crippen MR) is 129 cm³/mol. The van der Waals surface area contributed by atoms with Crippen molar-refractivity contribution in [3.63, 3.8) is 0 Å². The van der Waals surface area contributed by atoms with Gasteiger partial charge in [0.2, 0.25) is 0 Å².